The van der Waals surface area contributed by atoms with Crippen molar-refractivity contribution in [3.8, 4) is 0 Å². The van der Waals surface area contributed by atoms with Gasteiger partial charge >= 0.3 is 0 Å². The van der Waals surface area contributed by atoms with Crippen LogP contribution in [0.5, 0.6) is 0 Å². The summed E-state index contributed by atoms with van der Waals surface area (Å²) in [5.74, 6) is 0. The van der Waals surface area contributed by atoms with Crippen LogP contribution >= 0.6 is 23.8 Å². The quantitative estimate of drug-likeness (QED) is 0.383. The second-order valence-corrected chi connectivity index (χ2v) is 4.01. The Morgan fingerprint density at radius 1 is 1.67 bits per heavy atom. The predicted octanol–water partition coefficient (Wildman–Crippen LogP) is 2.07. The summed E-state index contributed by atoms with van der Waals surface area (Å²) >= 11 is 10.8. The van der Waals surface area contributed by atoms with E-state index in [1.807, 2.05) is 6.92 Å². The molecule has 0 saturated carbocycles. The van der Waals surface area contributed by atoms with E-state index in [1.54, 1.807) is 0 Å². The van der Waals surface area contributed by atoms with Crippen LogP contribution in [-0.2, 0) is 0 Å². The minimum absolute atomic E-state index is 0.0462. The highest BCUT2D eigenvalue weighted by Gasteiger charge is 2.08. The number of hydrogen-bond donors (Lipinski definition) is 2. The first kappa shape index (κ1) is 14.3. The molecular formula is C10H11ClN4O2S. The topological polar surface area (TPSA) is 79.6 Å². The van der Waals surface area contributed by atoms with Gasteiger partial charge in [-0.05, 0) is 25.2 Å². The Morgan fingerprint density at radius 3 is 3.00 bits per heavy atom. The molecule has 0 heterocycles. The van der Waals surface area contributed by atoms with Crippen molar-refractivity contribution in [3.63, 3.8) is 0 Å². The van der Waals surface area contributed by atoms with Crippen molar-refractivity contribution >= 4 is 40.8 Å². The number of nitro benzene ring substituents is 1. The highest BCUT2D eigenvalue weighted by Crippen LogP contribution is 2.20. The molecule has 0 unspecified atom stereocenters. The molecule has 2 N–H and O–H groups in total. The van der Waals surface area contributed by atoms with Crippen molar-refractivity contribution in [1.29, 1.82) is 0 Å². The van der Waals surface area contributed by atoms with Crippen LogP contribution < -0.4 is 10.7 Å². The average Bonchev–Trinajstić information content (AvgIpc) is 2.31. The molecule has 0 aliphatic carbocycles. The van der Waals surface area contributed by atoms with Gasteiger partial charge in [-0.15, -0.1) is 0 Å². The molecule has 18 heavy (non-hydrogen) atoms. The van der Waals surface area contributed by atoms with Gasteiger partial charge in [0, 0.05) is 29.3 Å². The Kier molecular flexibility index (Phi) is 5.47. The fourth-order valence-electron chi connectivity index (χ4n) is 1.10. The number of nitro groups is 1. The van der Waals surface area contributed by atoms with E-state index in [-0.39, 0.29) is 5.69 Å². The Morgan fingerprint density at radius 2 is 2.39 bits per heavy atom. The number of halogens is 1. The normalized spacial score (nSPS) is 10.3. The monoisotopic (exact) mass is 286 g/mol. The Balaban J connectivity index is 2.77. The first-order valence-electron chi connectivity index (χ1n) is 5.05. The van der Waals surface area contributed by atoms with Crippen LogP contribution in [0.2, 0.25) is 5.02 Å². The number of thiocarbonyl (C=S) groups is 1. The molecule has 0 amide bonds. The summed E-state index contributed by atoms with van der Waals surface area (Å²) in [5.41, 5.74) is 2.97. The predicted molar refractivity (Wildman–Crippen MR) is 75.1 cm³/mol. The highest BCUT2D eigenvalue weighted by atomic mass is 35.5. The van der Waals surface area contributed by atoms with E-state index < -0.39 is 4.92 Å². The van der Waals surface area contributed by atoms with Crippen LogP contribution in [0.15, 0.2) is 23.3 Å². The first-order valence-corrected chi connectivity index (χ1v) is 5.84. The van der Waals surface area contributed by atoms with Gasteiger partial charge in [0.25, 0.3) is 5.69 Å². The van der Waals surface area contributed by atoms with Gasteiger partial charge in [0.1, 0.15) is 0 Å². The lowest BCUT2D eigenvalue weighted by Crippen LogP contribution is -2.31. The molecule has 96 valence electrons. The lowest BCUT2D eigenvalue weighted by atomic mass is 10.2. The third-order valence-corrected chi connectivity index (χ3v) is 2.48. The molecule has 0 aromatic heterocycles. The average molecular weight is 287 g/mol. The van der Waals surface area contributed by atoms with Crippen LogP contribution in [0.25, 0.3) is 0 Å². The minimum Gasteiger partial charge on any atom is -0.362 e. The lowest BCUT2D eigenvalue weighted by molar-refractivity contribution is -0.384. The molecule has 0 spiro atoms. The number of non-ortho nitro benzene ring substituents is 1. The van der Waals surface area contributed by atoms with Crippen LogP contribution in [0.4, 0.5) is 5.69 Å². The van der Waals surface area contributed by atoms with E-state index in [9.17, 15) is 10.1 Å². The molecule has 0 atom stereocenters. The van der Waals surface area contributed by atoms with Crippen LogP contribution in [0.1, 0.15) is 12.5 Å². The third kappa shape index (κ3) is 4.27. The molecule has 0 radical (unpaired) electrons. The van der Waals surface area contributed by atoms with Gasteiger partial charge in [-0.2, -0.15) is 5.10 Å². The van der Waals surface area contributed by atoms with Crippen molar-refractivity contribution in [2.24, 2.45) is 5.10 Å². The molecule has 0 fully saturated rings. The summed E-state index contributed by atoms with van der Waals surface area (Å²) in [6.07, 6.45) is 1.37. The number of hydrazone groups is 1. The summed E-state index contributed by atoms with van der Waals surface area (Å²) in [4.78, 5) is 10.1. The van der Waals surface area contributed by atoms with Gasteiger partial charge in [-0.1, -0.05) is 11.6 Å². The number of hydrogen-bond acceptors (Lipinski definition) is 4. The summed E-state index contributed by atoms with van der Waals surface area (Å²) < 4.78 is 0. The number of benzene rings is 1. The molecule has 1 aromatic rings. The maximum atomic E-state index is 10.6. The number of rotatable bonds is 4. The SMILES string of the molecule is CCNC(=S)N/N=C\c1cc([N+](=O)[O-])ccc1Cl. The molecule has 1 rings (SSSR count). The van der Waals surface area contributed by atoms with Crippen molar-refractivity contribution in [3.05, 3.63) is 38.9 Å². The third-order valence-electron chi connectivity index (χ3n) is 1.90. The fourth-order valence-corrected chi connectivity index (χ4v) is 1.47. The van der Waals surface area contributed by atoms with Crippen LogP contribution in [0, 0.1) is 10.1 Å². The summed E-state index contributed by atoms with van der Waals surface area (Å²) in [7, 11) is 0. The standard InChI is InChI=1S/C10H11ClN4O2S/c1-2-12-10(18)14-13-6-7-5-8(15(16)17)3-4-9(7)11/h3-6H,2H2,1H3,(H2,12,14,18)/b13-6-. The molecule has 0 aliphatic rings. The molecule has 8 heteroatoms. The van der Waals surface area contributed by atoms with Gasteiger partial charge in [0.05, 0.1) is 11.1 Å². The number of nitrogens with zero attached hydrogens (tertiary/aromatic N) is 2. The first-order chi connectivity index (χ1) is 8.54. The largest absolute Gasteiger partial charge is 0.362 e. The molecule has 0 bridgehead atoms. The molecule has 6 nitrogen and oxygen atoms in total. The van der Waals surface area contributed by atoms with Gasteiger partial charge in [0.15, 0.2) is 5.11 Å². The van der Waals surface area contributed by atoms with Gasteiger partial charge in [-0.3, -0.25) is 15.5 Å². The van der Waals surface area contributed by atoms with Crippen LogP contribution in [-0.4, -0.2) is 22.8 Å². The van der Waals surface area contributed by atoms with E-state index in [4.69, 9.17) is 23.8 Å². The summed E-state index contributed by atoms with van der Waals surface area (Å²) in [5, 5.41) is 18.0. The number of nitrogens with one attached hydrogen (secondary N) is 2. The van der Waals surface area contributed by atoms with Gasteiger partial charge in [0.2, 0.25) is 0 Å². The molecular weight excluding hydrogens is 276 g/mol. The van der Waals surface area contributed by atoms with Crippen molar-refractivity contribution < 1.29 is 4.92 Å². The molecule has 1 aromatic carbocycles. The van der Waals surface area contributed by atoms with Crippen molar-refractivity contribution in [1.82, 2.24) is 10.7 Å². The molecule has 0 saturated heterocycles. The lowest BCUT2D eigenvalue weighted by Gasteiger charge is -2.03. The summed E-state index contributed by atoms with van der Waals surface area (Å²) in [6.45, 7) is 2.58. The fraction of sp³-hybridized carbons (Fsp3) is 0.200. The maximum absolute atomic E-state index is 10.6. The van der Waals surface area contributed by atoms with E-state index >= 15 is 0 Å². The second-order valence-electron chi connectivity index (χ2n) is 3.19. The van der Waals surface area contributed by atoms with E-state index in [0.29, 0.717) is 22.2 Å². The Hall–Kier alpha value is -1.73. The van der Waals surface area contributed by atoms with E-state index in [2.05, 4.69) is 15.8 Å². The van der Waals surface area contributed by atoms with Crippen molar-refractivity contribution in [2.75, 3.05) is 6.54 Å². The Bertz CT molecular complexity index is 493. The second kappa shape index (κ2) is 6.87. The zero-order valence-electron chi connectivity index (χ0n) is 9.51. The highest BCUT2D eigenvalue weighted by molar-refractivity contribution is 7.80. The van der Waals surface area contributed by atoms with E-state index in [0.717, 1.165) is 0 Å². The van der Waals surface area contributed by atoms with Gasteiger partial charge < -0.3 is 5.32 Å². The molecule has 0 aliphatic heterocycles. The van der Waals surface area contributed by atoms with Crippen LogP contribution in [0.3, 0.4) is 0 Å². The smallest absolute Gasteiger partial charge is 0.270 e. The van der Waals surface area contributed by atoms with Gasteiger partial charge in [-0.25, -0.2) is 0 Å². The zero-order valence-corrected chi connectivity index (χ0v) is 11.1. The Labute approximate surface area is 114 Å². The zero-order chi connectivity index (χ0) is 13.5. The summed E-state index contributed by atoms with van der Waals surface area (Å²) in [6, 6.07) is 4.11. The maximum Gasteiger partial charge on any atom is 0.270 e. The van der Waals surface area contributed by atoms with E-state index in [1.165, 1.54) is 24.4 Å². The minimum atomic E-state index is -0.496. The van der Waals surface area contributed by atoms with Crippen molar-refractivity contribution in [2.45, 2.75) is 6.92 Å².